The van der Waals surface area contributed by atoms with E-state index in [0.717, 1.165) is 5.56 Å². The van der Waals surface area contributed by atoms with Crippen molar-refractivity contribution in [3.63, 3.8) is 0 Å². The van der Waals surface area contributed by atoms with Gasteiger partial charge in [-0.3, -0.25) is 9.59 Å². The minimum absolute atomic E-state index is 0.163. The van der Waals surface area contributed by atoms with Crippen molar-refractivity contribution in [1.82, 2.24) is 4.57 Å². The Morgan fingerprint density at radius 3 is 2.35 bits per heavy atom. The van der Waals surface area contributed by atoms with Crippen LogP contribution in [0.25, 0.3) is 0 Å². The number of carbonyl (C=O) groups excluding carboxylic acids is 1. The second-order valence-corrected chi connectivity index (χ2v) is 5.56. The summed E-state index contributed by atoms with van der Waals surface area (Å²) >= 11 is 5.85. The first-order valence-electron chi connectivity index (χ1n) is 7.17. The number of ketones is 1. The van der Waals surface area contributed by atoms with Crippen LogP contribution in [0.4, 0.5) is 0 Å². The Hall–Kier alpha value is -2.27. The lowest BCUT2D eigenvalue weighted by atomic mass is 10.1. The van der Waals surface area contributed by atoms with Crippen molar-refractivity contribution in [2.75, 3.05) is 7.11 Å². The molecule has 2 aromatic rings. The molecular weight excluding hydrogens is 318 g/mol. The maximum atomic E-state index is 12.8. The van der Waals surface area contributed by atoms with E-state index in [-0.39, 0.29) is 12.2 Å². The van der Waals surface area contributed by atoms with Crippen LogP contribution in [0.1, 0.15) is 34.2 Å². The SMILES string of the molecule is CCc1c(OC)c(C(=O)c2ccc(Cl)cc2)n(C)c1CC(=O)O. The monoisotopic (exact) mass is 335 g/mol. The number of halogens is 1. The number of rotatable bonds is 6. The van der Waals surface area contributed by atoms with Gasteiger partial charge >= 0.3 is 5.97 Å². The van der Waals surface area contributed by atoms with Gasteiger partial charge in [0.1, 0.15) is 5.69 Å². The van der Waals surface area contributed by atoms with Crippen molar-refractivity contribution in [3.8, 4) is 5.75 Å². The number of carbonyl (C=O) groups is 2. The number of carboxylic acid groups (broad SMARTS) is 1. The molecule has 1 N–H and O–H groups in total. The van der Waals surface area contributed by atoms with Gasteiger partial charge in [0, 0.05) is 28.9 Å². The summed E-state index contributed by atoms with van der Waals surface area (Å²) in [7, 11) is 3.17. The summed E-state index contributed by atoms with van der Waals surface area (Å²) in [6.45, 7) is 1.90. The number of aliphatic carboxylic acids is 1. The minimum Gasteiger partial charge on any atom is -0.494 e. The van der Waals surface area contributed by atoms with Gasteiger partial charge in [0.05, 0.1) is 13.5 Å². The molecule has 0 bridgehead atoms. The van der Waals surface area contributed by atoms with Crippen LogP contribution in [-0.4, -0.2) is 28.5 Å². The number of nitrogens with zero attached hydrogens (tertiary/aromatic N) is 1. The predicted molar refractivity (Wildman–Crippen MR) is 87.6 cm³/mol. The number of benzene rings is 1. The molecule has 6 heteroatoms. The third kappa shape index (κ3) is 3.24. The second kappa shape index (κ2) is 6.87. The first-order valence-corrected chi connectivity index (χ1v) is 7.54. The van der Waals surface area contributed by atoms with Crippen LogP contribution in [0.15, 0.2) is 24.3 Å². The fourth-order valence-corrected chi connectivity index (χ4v) is 2.84. The molecule has 23 heavy (non-hydrogen) atoms. The van der Waals surface area contributed by atoms with Crippen LogP contribution >= 0.6 is 11.6 Å². The molecular formula is C17H18ClNO4. The van der Waals surface area contributed by atoms with E-state index in [1.165, 1.54) is 7.11 Å². The van der Waals surface area contributed by atoms with Crippen molar-refractivity contribution in [2.45, 2.75) is 19.8 Å². The summed E-state index contributed by atoms with van der Waals surface area (Å²) in [5.74, 6) is -0.744. The topological polar surface area (TPSA) is 68.5 Å². The number of hydrogen-bond acceptors (Lipinski definition) is 3. The zero-order valence-electron chi connectivity index (χ0n) is 13.2. The fourth-order valence-electron chi connectivity index (χ4n) is 2.71. The Bertz CT molecular complexity index is 747. The van der Waals surface area contributed by atoms with Crippen LogP contribution < -0.4 is 4.74 Å². The first-order chi connectivity index (χ1) is 10.9. The van der Waals surface area contributed by atoms with E-state index in [1.807, 2.05) is 6.92 Å². The molecule has 0 aliphatic rings. The van der Waals surface area contributed by atoms with Crippen LogP contribution in [0, 0.1) is 0 Å². The van der Waals surface area contributed by atoms with Crippen LogP contribution in [0.3, 0.4) is 0 Å². The highest BCUT2D eigenvalue weighted by Gasteiger charge is 2.27. The molecule has 0 aliphatic carbocycles. The van der Waals surface area contributed by atoms with Gasteiger partial charge in [-0.2, -0.15) is 0 Å². The van der Waals surface area contributed by atoms with Crippen molar-refractivity contribution >= 4 is 23.4 Å². The molecule has 122 valence electrons. The number of ether oxygens (including phenoxy) is 1. The van der Waals surface area contributed by atoms with Crippen LogP contribution in [0.2, 0.25) is 5.02 Å². The predicted octanol–water partition coefficient (Wildman–Crippen LogP) is 3.11. The molecule has 2 rings (SSSR count). The highest BCUT2D eigenvalue weighted by Crippen LogP contribution is 2.32. The molecule has 0 amide bonds. The van der Waals surface area contributed by atoms with Crippen molar-refractivity contribution in [1.29, 1.82) is 0 Å². The molecule has 0 atom stereocenters. The van der Waals surface area contributed by atoms with E-state index in [1.54, 1.807) is 35.9 Å². The maximum absolute atomic E-state index is 12.8. The highest BCUT2D eigenvalue weighted by molar-refractivity contribution is 6.30. The third-order valence-corrected chi connectivity index (χ3v) is 4.03. The summed E-state index contributed by atoms with van der Waals surface area (Å²) in [5.41, 5.74) is 2.14. The van der Waals surface area contributed by atoms with Gasteiger partial charge in [-0.1, -0.05) is 18.5 Å². The average Bonchev–Trinajstić information content (AvgIpc) is 2.78. The molecule has 0 saturated heterocycles. The fraction of sp³-hybridized carbons (Fsp3) is 0.294. The summed E-state index contributed by atoms with van der Waals surface area (Å²) in [6, 6.07) is 6.56. The van der Waals surface area contributed by atoms with Gasteiger partial charge in [0.2, 0.25) is 5.78 Å². The molecule has 1 aromatic carbocycles. The molecule has 0 aliphatic heterocycles. The van der Waals surface area contributed by atoms with Crippen molar-refractivity contribution in [2.24, 2.45) is 7.05 Å². The van der Waals surface area contributed by atoms with Gasteiger partial charge in [0.15, 0.2) is 5.75 Å². The maximum Gasteiger partial charge on any atom is 0.309 e. The minimum atomic E-state index is -0.951. The first kappa shape index (κ1) is 17.1. The zero-order valence-corrected chi connectivity index (χ0v) is 14.0. The third-order valence-electron chi connectivity index (χ3n) is 3.78. The lowest BCUT2D eigenvalue weighted by molar-refractivity contribution is -0.136. The van der Waals surface area contributed by atoms with Gasteiger partial charge in [-0.25, -0.2) is 0 Å². The zero-order chi connectivity index (χ0) is 17.1. The number of carboxylic acids is 1. The van der Waals surface area contributed by atoms with Gasteiger partial charge in [-0.05, 0) is 30.7 Å². The molecule has 0 saturated carbocycles. The van der Waals surface area contributed by atoms with Gasteiger partial charge in [0.25, 0.3) is 0 Å². The lowest BCUT2D eigenvalue weighted by Gasteiger charge is -2.07. The van der Waals surface area contributed by atoms with E-state index in [0.29, 0.717) is 34.1 Å². The largest absolute Gasteiger partial charge is 0.494 e. The van der Waals surface area contributed by atoms with E-state index >= 15 is 0 Å². The molecule has 0 fully saturated rings. The van der Waals surface area contributed by atoms with Crippen LogP contribution in [0.5, 0.6) is 5.75 Å². The Morgan fingerprint density at radius 2 is 1.87 bits per heavy atom. The average molecular weight is 336 g/mol. The smallest absolute Gasteiger partial charge is 0.309 e. The summed E-state index contributed by atoms with van der Waals surface area (Å²) in [6.07, 6.45) is 0.414. The van der Waals surface area contributed by atoms with Crippen molar-refractivity contribution in [3.05, 3.63) is 51.8 Å². The van der Waals surface area contributed by atoms with Crippen LogP contribution in [-0.2, 0) is 24.7 Å². The Labute approximate surface area is 139 Å². The highest BCUT2D eigenvalue weighted by atomic mass is 35.5. The Morgan fingerprint density at radius 1 is 1.26 bits per heavy atom. The summed E-state index contributed by atoms with van der Waals surface area (Å²) < 4.78 is 7.03. The molecule has 0 spiro atoms. The Balaban J connectivity index is 2.61. The standard InChI is InChI=1S/C17H18ClNO4/c1-4-12-13(9-14(20)21)19(2)15(17(12)23-3)16(22)10-5-7-11(18)8-6-10/h5-8H,4,9H2,1-3H3,(H,20,21). The van der Waals surface area contributed by atoms with E-state index in [9.17, 15) is 9.59 Å². The van der Waals surface area contributed by atoms with Crippen molar-refractivity contribution < 1.29 is 19.4 Å². The van der Waals surface area contributed by atoms with Gasteiger partial charge in [-0.15, -0.1) is 0 Å². The van der Waals surface area contributed by atoms with E-state index < -0.39 is 5.97 Å². The number of aromatic nitrogens is 1. The number of hydrogen-bond donors (Lipinski definition) is 1. The molecule has 5 nitrogen and oxygen atoms in total. The Kier molecular flexibility index (Phi) is 5.11. The molecule has 0 unspecified atom stereocenters. The summed E-state index contributed by atoms with van der Waals surface area (Å²) in [5, 5.41) is 9.66. The molecule has 1 aromatic heterocycles. The normalized spacial score (nSPS) is 10.6. The van der Waals surface area contributed by atoms with E-state index in [2.05, 4.69) is 0 Å². The molecule has 1 heterocycles. The lowest BCUT2D eigenvalue weighted by Crippen LogP contribution is -2.12. The quantitative estimate of drug-likeness (QED) is 0.824. The number of methoxy groups -OCH3 is 1. The van der Waals surface area contributed by atoms with E-state index in [4.69, 9.17) is 21.4 Å². The summed E-state index contributed by atoms with van der Waals surface area (Å²) in [4.78, 5) is 24.0. The van der Waals surface area contributed by atoms with Gasteiger partial charge < -0.3 is 14.4 Å². The molecule has 0 radical (unpaired) electrons. The second-order valence-electron chi connectivity index (χ2n) is 5.13.